The van der Waals surface area contributed by atoms with Gasteiger partial charge in [0.1, 0.15) is 11.5 Å². The minimum atomic E-state index is -0.561. The number of amides is 2. The third kappa shape index (κ3) is 3.41. The van der Waals surface area contributed by atoms with Gasteiger partial charge in [-0.05, 0) is 35.2 Å². The average Bonchev–Trinajstić information content (AvgIpc) is 3.30. The zero-order valence-corrected chi connectivity index (χ0v) is 17.7. The van der Waals surface area contributed by atoms with E-state index in [1.807, 2.05) is 35.7 Å². The number of hydrogen-bond acceptors (Lipinski definition) is 5. The molecule has 2 heterocycles. The van der Waals surface area contributed by atoms with Gasteiger partial charge in [0.2, 0.25) is 5.91 Å². The Kier molecular flexibility index (Phi) is 5.46. The maximum absolute atomic E-state index is 13.6. The fraction of sp³-hybridized carbons (Fsp3) is 0.217. The number of benzene rings is 2. The van der Waals surface area contributed by atoms with Gasteiger partial charge in [0.15, 0.2) is 0 Å². The van der Waals surface area contributed by atoms with E-state index in [0.29, 0.717) is 22.7 Å². The summed E-state index contributed by atoms with van der Waals surface area (Å²) in [5.74, 6) is 0.284. The molecule has 0 saturated carbocycles. The minimum Gasteiger partial charge on any atom is -0.497 e. The standard InChI is InChI=1S/C23H22N2O4S/c1-25-21(19-9-6-12-30-19)20(15-7-4-5-8-16(15)23(25)27)22(26)24-17-11-10-14(28-2)13-18(17)29-3/h4-13,20-21H,1-3H3,(H,24,26). The van der Waals surface area contributed by atoms with Crippen LogP contribution in [0.4, 0.5) is 5.69 Å². The van der Waals surface area contributed by atoms with Crippen molar-refractivity contribution in [1.82, 2.24) is 4.90 Å². The predicted octanol–water partition coefficient (Wildman–Crippen LogP) is 4.31. The van der Waals surface area contributed by atoms with Gasteiger partial charge in [-0.1, -0.05) is 24.3 Å². The highest BCUT2D eigenvalue weighted by Gasteiger charge is 2.43. The van der Waals surface area contributed by atoms with Crippen LogP contribution in [-0.2, 0) is 4.79 Å². The highest BCUT2D eigenvalue weighted by molar-refractivity contribution is 7.10. The normalized spacial score (nSPS) is 18.0. The summed E-state index contributed by atoms with van der Waals surface area (Å²) in [5, 5.41) is 4.95. The number of likely N-dealkylation sites (N-methyl/N-ethyl adjacent to an activating group) is 1. The monoisotopic (exact) mass is 422 g/mol. The molecule has 7 heteroatoms. The van der Waals surface area contributed by atoms with E-state index in [4.69, 9.17) is 9.47 Å². The molecule has 1 N–H and O–H groups in total. The van der Waals surface area contributed by atoms with Crippen LogP contribution in [0, 0.1) is 0 Å². The number of thiophene rings is 1. The molecule has 0 fully saturated rings. The van der Waals surface area contributed by atoms with Crippen LogP contribution in [0.3, 0.4) is 0 Å². The van der Waals surface area contributed by atoms with E-state index >= 15 is 0 Å². The van der Waals surface area contributed by atoms with Crippen molar-refractivity contribution in [3.05, 3.63) is 76.0 Å². The Balaban J connectivity index is 1.77. The van der Waals surface area contributed by atoms with E-state index < -0.39 is 12.0 Å². The lowest BCUT2D eigenvalue weighted by Gasteiger charge is -2.39. The first-order valence-electron chi connectivity index (χ1n) is 9.47. The van der Waals surface area contributed by atoms with Crippen molar-refractivity contribution in [2.45, 2.75) is 12.0 Å². The molecule has 154 valence electrons. The molecule has 1 aliphatic heterocycles. The fourth-order valence-electron chi connectivity index (χ4n) is 3.88. The first-order valence-corrected chi connectivity index (χ1v) is 10.4. The molecular weight excluding hydrogens is 400 g/mol. The summed E-state index contributed by atoms with van der Waals surface area (Å²) in [6, 6.07) is 16.0. The summed E-state index contributed by atoms with van der Waals surface area (Å²) in [6.45, 7) is 0. The highest BCUT2D eigenvalue weighted by Crippen LogP contribution is 2.44. The van der Waals surface area contributed by atoms with Crippen molar-refractivity contribution in [3.63, 3.8) is 0 Å². The Bertz CT molecular complexity index is 1080. The molecule has 0 spiro atoms. The second-order valence-electron chi connectivity index (χ2n) is 7.00. The number of anilines is 1. The number of nitrogens with one attached hydrogen (secondary N) is 1. The lowest BCUT2D eigenvalue weighted by atomic mass is 9.81. The van der Waals surface area contributed by atoms with Crippen LogP contribution < -0.4 is 14.8 Å². The summed E-state index contributed by atoms with van der Waals surface area (Å²) in [4.78, 5) is 29.2. The van der Waals surface area contributed by atoms with Gasteiger partial charge in [0.05, 0.1) is 31.9 Å². The van der Waals surface area contributed by atoms with E-state index in [9.17, 15) is 9.59 Å². The zero-order valence-electron chi connectivity index (χ0n) is 16.9. The molecule has 6 nitrogen and oxygen atoms in total. The summed E-state index contributed by atoms with van der Waals surface area (Å²) in [6.07, 6.45) is 0. The third-order valence-electron chi connectivity index (χ3n) is 5.36. The van der Waals surface area contributed by atoms with Gasteiger partial charge in [-0.15, -0.1) is 11.3 Å². The Labute approximate surface area is 179 Å². The molecule has 0 radical (unpaired) electrons. The quantitative estimate of drug-likeness (QED) is 0.665. The van der Waals surface area contributed by atoms with Gasteiger partial charge >= 0.3 is 0 Å². The van der Waals surface area contributed by atoms with Gasteiger partial charge in [-0.2, -0.15) is 0 Å². The maximum atomic E-state index is 13.6. The maximum Gasteiger partial charge on any atom is 0.254 e. The van der Waals surface area contributed by atoms with Gasteiger partial charge < -0.3 is 19.7 Å². The van der Waals surface area contributed by atoms with E-state index in [1.54, 1.807) is 50.4 Å². The summed E-state index contributed by atoms with van der Waals surface area (Å²) in [5.41, 5.74) is 1.82. The second kappa shape index (κ2) is 8.20. The van der Waals surface area contributed by atoms with Crippen molar-refractivity contribution in [3.8, 4) is 11.5 Å². The number of fused-ring (bicyclic) bond motifs is 1. The number of hydrogen-bond donors (Lipinski definition) is 1. The molecule has 2 unspecified atom stereocenters. The van der Waals surface area contributed by atoms with Gasteiger partial charge in [0.25, 0.3) is 5.91 Å². The van der Waals surface area contributed by atoms with Crippen LogP contribution >= 0.6 is 11.3 Å². The van der Waals surface area contributed by atoms with Crippen molar-refractivity contribution in [2.75, 3.05) is 26.6 Å². The van der Waals surface area contributed by atoms with Gasteiger partial charge in [-0.3, -0.25) is 9.59 Å². The SMILES string of the molecule is COc1ccc(NC(=O)C2c3ccccc3C(=O)N(C)C2c2cccs2)c(OC)c1. The molecular formula is C23H22N2O4S. The van der Waals surface area contributed by atoms with E-state index in [2.05, 4.69) is 5.32 Å². The van der Waals surface area contributed by atoms with Crippen molar-refractivity contribution >= 4 is 28.8 Å². The third-order valence-corrected chi connectivity index (χ3v) is 6.31. The molecule has 0 aliphatic carbocycles. The fourth-order valence-corrected chi connectivity index (χ4v) is 4.79. The first kappa shape index (κ1) is 20.0. The van der Waals surface area contributed by atoms with Crippen molar-refractivity contribution in [2.24, 2.45) is 0 Å². The van der Waals surface area contributed by atoms with Crippen molar-refractivity contribution in [1.29, 1.82) is 0 Å². The Morgan fingerprint density at radius 3 is 2.57 bits per heavy atom. The van der Waals surface area contributed by atoms with Crippen molar-refractivity contribution < 1.29 is 19.1 Å². The van der Waals surface area contributed by atoms with E-state index in [0.717, 1.165) is 10.4 Å². The van der Waals surface area contributed by atoms with Gasteiger partial charge in [0, 0.05) is 23.6 Å². The number of ether oxygens (including phenoxy) is 2. The zero-order chi connectivity index (χ0) is 21.3. The largest absolute Gasteiger partial charge is 0.497 e. The van der Waals surface area contributed by atoms with Crippen LogP contribution in [0.2, 0.25) is 0 Å². The molecule has 30 heavy (non-hydrogen) atoms. The molecule has 2 amide bonds. The van der Waals surface area contributed by atoms with E-state index in [-0.39, 0.29) is 11.8 Å². The molecule has 0 bridgehead atoms. The summed E-state index contributed by atoms with van der Waals surface area (Å²) in [7, 11) is 4.86. The summed E-state index contributed by atoms with van der Waals surface area (Å²) >= 11 is 1.53. The van der Waals surface area contributed by atoms with Crippen LogP contribution in [-0.4, -0.2) is 38.0 Å². The Morgan fingerprint density at radius 1 is 1.07 bits per heavy atom. The Morgan fingerprint density at radius 2 is 1.87 bits per heavy atom. The predicted molar refractivity (Wildman–Crippen MR) is 117 cm³/mol. The Hall–Kier alpha value is -3.32. The number of methoxy groups -OCH3 is 2. The number of rotatable bonds is 5. The molecule has 2 aromatic carbocycles. The lowest BCUT2D eigenvalue weighted by Crippen LogP contribution is -2.43. The van der Waals surface area contributed by atoms with Crippen LogP contribution in [0.1, 0.15) is 32.8 Å². The molecule has 4 rings (SSSR count). The molecule has 3 aromatic rings. The van der Waals surface area contributed by atoms with Crippen LogP contribution in [0.15, 0.2) is 60.0 Å². The highest BCUT2D eigenvalue weighted by atomic mass is 32.1. The van der Waals surface area contributed by atoms with Gasteiger partial charge in [-0.25, -0.2) is 0 Å². The topological polar surface area (TPSA) is 67.9 Å². The summed E-state index contributed by atoms with van der Waals surface area (Å²) < 4.78 is 10.7. The lowest BCUT2D eigenvalue weighted by molar-refractivity contribution is -0.119. The molecule has 0 saturated heterocycles. The molecule has 1 aromatic heterocycles. The second-order valence-corrected chi connectivity index (χ2v) is 7.98. The number of nitrogens with zero attached hydrogens (tertiary/aromatic N) is 1. The number of carbonyl (C=O) groups excluding carboxylic acids is 2. The van der Waals surface area contributed by atoms with Crippen LogP contribution in [0.25, 0.3) is 0 Å². The first-order chi connectivity index (χ1) is 14.5. The van der Waals surface area contributed by atoms with Crippen LogP contribution in [0.5, 0.6) is 11.5 Å². The smallest absolute Gasteiger partial charge is 0.254 e. The molecule has 1 aliphatic rings. The van der Waals surface area contributed by atoms with E-state index in [1.165, 1.54) is 11.3 Å². The minimum absolute atomic E-state index is 0.0879. The molecule has 2 atom stereocenters. The number of carbonyl (C=O) groups is 2. The average molecular weight is 423 g/mol.